The van der Waals surface area contributed by atoms with Crippen molar-refractivity contribution in [2.75, 3.05) is 37.0 Å². The maximum absolute atomic E-state index is 12.6. The molecule has 0 saturated carbocycles. The van der Waals surface area contributed by atoms with Crippen LogP contribution >= 0.6 is 0 Å². The molecule has 1 aromatic heterocycles. The van der Waals surface area contributed by atoms with Gasteiger partial charge in [-0.05, 0) is 12.5 Å². The van der Waals surface area contributed by atoms with E-state index < -0.39 is 12.3 Å². The Hall–Kier alpha value is -1.46. The van der Waals surface area contributed by atoms with Crippen molar-refractivity contribution in [2.24, 2.45) is 5.92 Å². The van der Waals surface area contributed by atoms with Crippen molar-refractivity contribution in [3.05, 3.63) is 12.3 Å². The summed E-state index contributed by atoms with van der Waals surface area (Å²) in [6, 6.07) is 1.80. The fourth-order valence-corrected chi connectivity index (χ4v) is 1.92. The second-order valence-electron chi connectivity index (χ2n) is 4.44. The fraction of sp³-hybridized carbons (Fsp3) is 0.636. The summed E-state index contributed by atoms with van der Waals surface area (Å²) in [6.07, 6.45) is -0.0855. The highest BCUT2D eigenvalue weighted by atomic mass is 19.3. The topological polar surface area (TPSA) is 32.3 Å². The average Bonchev–Trinajstić information content (AvgIpc) is 2.78. The lowest BCUT2D eigenvalue weighted by Gasteiger charge is -2.18. The number of hydrogen-bond donors (Lipinski definition) is 0. The first-order chi connectivity index (χ1) is 8.08. The highest BCUT2D eigenvalue weighted by Gasteiger charge is 2.30. The molecule has 1 atom stereocenters. The van der Waals surface area contributed by atoms with Crippen molar-refractivity contribution in [2.45, 2.75) is 12.8 Å². The molecule has 2 rings (SSSR count). The summed E-state index contributed by atoms with van der Waals surface area (Å²) < 4.78 is 25.1. The number of rotatable bonds is 3. The molecular formula is C11H16F2N4. The molecule has 4 nitrogen and oxygen atoms in total. The summed E-state index contributed by atoms with van der Waals surface area (Å²) in [4.78, 5) is 12.2. The first-order valence-electron chi connectivity index (χ1n) is 5.61. The van der Waals surface area contributed by atoms with Gasteiger partial charge < -0.3 is 9.80 Å². The minimum atomic E-state index is -2.25. The van der Waals surface area contributed by atoms with Crippen LogP contribution in [-0.2, 0) is 0 Å². The molecule has 0 bridgehead atoms. The van der Waals surface area contributed by atoms with E-state index in [-0.39, 0.29) is 0 Å². The van der Waals surface area contributed by atoms with Gasteiger partial charge in [-0.3, -0.25) is 0 Å². The average molecular weight is 242 g/mol. The van der Waals surface area contributed by atoms with Crippen LogP contribution in [0.3, 0.4) is 0 Å². The zero-order valence-electron chi connectivity index (χ0n) is 9.98. The molecule has 0 radical (unpaired) electrons. The van der Waals surface area contributed by atoms with Gasteiger partial charge in [0.1, 0.15) is 5.82 Å². The smallest absolute Gasteiger partial charge is 0.243 e. The van der Waals surface area contributed by atoms with Crippen LogP contribution in [0.25, 0.3) is 0 Å². The molecule has 94 valence electrons. The van der Waals surface area contributed by atoms with Gasteiger partial charge in [0.2, 0.25) is 12.4 Å². The molecule has 2 heterocycles. The molecule has 1 fully saturated rings. The van der Waals surface area contributed by atoms with E-state index in [9.17, 15) is 8.78 Å². The predicted molar refractivity (Wildman–Crippen MR) is 62.7 cm³/mol. The third-order valence-corrected chi connectivity index (χ3v) is 2.95. The Kier molecular flexibility index (Phi) is 3.40. The number of anilines is 2. The molecule has 0 N–H and O–H groups in total. The highest BCUT2D eigenvalue weighted by molar-refractivity contribution is 5.42. The zero-order valence-corrected chi connectivity index (χ0v) is 9.98. The molecule has 1 aliphatic rings. The quantitative estimate of drug-likeness (QED) is 0.806. The van der Waals surface area contributed by atoms with E-state index in [0.29, 0.717) is 25.5 Å². The van der Waals surface area contributed by atoms with E-state index in [1.807, 2.05) is 23.9 Å². The summed E-state index contributed by atoms with van der Waals surface area (Å²) in [5, 5.41) is 0. The van der Waals surface area contributed by atoms with E-state index >= 15 is 0 Å². The maximum Gasteiger partial charge on any atom is 0.243 e. The van der Waals surface area contributed by atoms with Crippen molar-refractivity contribution >= 4 is 11.8 Å². The zero-order chi connectivity index (χ0) is 12.4. The van der Waals surface area contributed by atoms with E-state index in [4.69, 9.17) is 0 Å². The summed E-state index contributed by atoms with van der Waals surface area (Å²) in [5.74, 6) is 0.774. The van der Waals surface area contributed by atoms with Gasteiger partial charge in [0.15, 0.2) is 0 Å². The van der Waals surface area contributed by atoms with Crippen molar-refractivity contribution in [1.82, 2.24) is 9.97 Å². The van der Waals surface area contributed by atoms with Gasteiger partial charge in [0.05, 0.1) is 0 Å². The van der Waals surface area contributed by atoms with E-state index in [0.717, 1.165) is 5.82 Å². The van der Waals surface area contributed by atoms with Crippen LogP contribution in [-0.4, -0.2) is 43.6 Å². The molecule has 17 heavy (non-hydrogen) atoms. The van der Waals surface area contributed by atoms with Crippen molar-refractivity contribution in [3.63, 3.8) is 0 Å². The number of aromatic nitrogens is 2. The first kappa shape index (κ1) is 12.0. The molecule has 1 aliphatic heterocycles. The minimum Gasteiger partial charge on any atom is -0.363 e. The largest absolute Gasteiger partial charge is 0.363 e. The lowest BCUT2D eigenvalue weighted by molar-refractivity contribution is 0.0879. The van der Waals surface area contributed by atoms with Gasteiger partial charge in [-0.1, -0.05) is 0 Å². The number of alkyl halides is 2. The van der Waals surface area contributed by atoms with Crippen molar-refractivity contribution in [3.8, 4) is 0 Å². The van der Waals surface area contributed by atoms with Crippen molar-refractivity contribution < 1.29 is 8.78 Å². The van der Waals surface area contributed by atoms with Gasteiger partial charge >= 0.3 is 0 Å². The fourth-order valence-electron chi connectivity index (χ4n) is 1.92. The molecule has 0 amide bonds. The number of nitrogens with zero attached hydrogens (tertiary/aromatic N) is 4. The maximum atomic E-state index is 12.6. The Morgan fingerprint density at radius 1 is 1.47 bits per heavy atom. The molecule has 6 heteroatoms. The summed E-state index contributed by atoms with van der Waals surface area (Å²) in [5.41, 5.74) is 0. The second kappa shape index (κ2) is 4.81. The molecule has 0 aliphatic carbocycles. The van der Waals surface area contributed by atoms with Crippen LogP contribution in [0.15, 0.2) is 12.3 Å². The summed E-state index contributed by atoms with van der Waals surface area (Å²) >= 11 is 0. The van der Waals surface area contributed by atoms with Gasteiger partial charge in [0, 0.05) is 39.3 Å². The lowest BCUT2D eigenvalue weighted by Crippen LogP contribution is -2.24. The van der Waals surface area contributed by atoms with E-state index in [1.165, 1.54) is 0 Å². The Morgan fingerprint density at radius 3 is 2.82 bits per heavy atom. The van der Waals surface area contributed by atoms with Crippen LogP contribution in [0.5, 0.6) is 0 Å². The molecule has 0 aromatic carbocycles. The van der Waals surface area contributed by atoms with E-state index in [2.05, 4.69) is 9.97 Å². The van der Waals surface area contributed by atoms with Crippen LogP contribution < -0.4 is 9.80 Å². The SMILES string of the molecule is CN(C)c1ccnc(N2CCC(C(F)F)C2)n1. The van der Waals surface area contributed by atoms with Gasteiger partial charge in [0.25, 0.3) is 0 Å². The number of hydrogen-bond acceptors (Lipinski definition) is 4. The monoisotopic (exact) mass is 242 g/mol. The van der Waals surface area contributed by atoms with Gasteiger partial charge in [-0.15, -0.1) is 0 Å². The summed E-state index contributed by atoms with van der Waals surface area (Å²) in [7, 11) is 3.77. The minimum absolute atomic E-state index is 0.342. The van der Waals surface area contributed by atoms with Crippen molar-refractivity contribution in [1.29, 1.82) is 0 Å². The molecule has 1 unspecified atom stereocenters. The van der Waals surface area contributed by atoms with Crippen LogP contribution in [0.4, 0.5) is 20.5 Å². The third kappa shape index (κ3) is 2.62. The molecular weight excluding hydrogens is 226 g/mol. The number of halogens is 2. The molecule has 0 spiro atoms. The molecule has 1 aromatic rings. The van der Waals surface area contributed by atoms with Gasteiger partial charge in [-0.25, -0.2) is 13.8 Å². The highest BCUT2D eigenvalue weighted by Crippen LogP contribution is 2.26. The Bertz CT molecular complexity index is 383. The first-order valence-corrected chi connectivity index (χ1v) is 5.61. The van der Waals surface area contributed by atoms with Gasteiger partial charge in [-0.2, -0.15) is 4.98 Å². The van der Waals surface area contributed by atoms with E-state index in [1.54, 1.807) is 12.3 Å². The Labute approximate surface area is 99.3 Å². The standard InChI is InChI=1S/C11H16F2N4/c1-16(2)9-3-5-14-11(15-9)17-6-4-8(7-17)10(12)13/h3,5,8,10H,4,6-7H2,1-2H3. The third-order valence-electron chi connectivity index (χ3n) is 2.95. The van der Waals surface area contributed by atoms with Crippen LogP contribution in [0.1, 0.15) is 6.42 Å². The van der Waals surface area contributed by atoms with Crippen LogP contribution in [0.2, 0.25) is 0 Å². The Morgan fingerprint density at radius 2 is 2.24 bits per heavy atom. The summed E-state index contributed by atoms with van der Waals surface area (Å²) in [6.45, 7) is 0.945. The lowest BCUT2D eigenvalue weighted by atomic mass is 10.1. The normalized spacial score (nSPS) is 20.1. The molecule has 1 saturated heterocycles. The predicted octanol–water partition coefficient (Wildman–Crippen LogP) is 1.63. The second-order valence-corrected chi connectivity index (χ2v) is 4.44. The van der Waals surface area contributed by atoms with Crippen LogP contribution in [0, 0.1) is 5.92 Å². The Balaban J connectivity index is 2.11.